The Labute approximate surface area is 126 Å². The summed E-state index contributed by atoms with van der Waals surface area (Å²) in [4.78, 5) is 26.4. The molecule has 0 aromatic heterocycles. The molecule has 1 fully saturated rings. The second-order valence-electron chi connectivity index (χ2n) is 6.30. The van der Waals surface area contributed by atoms with Crippen molar-refractivity contribution in [2.75, 3.05) is 6.54 Å². The molecule has 1 unspecified atom stereocenters. The van der Waals surface area contributed by atoms with Crippen molar-refractivity contribution in [1.82, 2.24) is 10.2 Å². The molecule has 4 heteroatoms. The molecule has 1 heterocycles. The summed E-state index contributed by atoms with van der Waals surface area (Å²) in [6.45, 7) is 6.33. The maximum Gasteiger partial charge on any atom is 0.246 e. The van der Waals surface area contributed by atoms with Gasteiger partial charge in [-0.25, -0.2) is 0 Å². The average Bonchev–Trinajstić information content (AvgIpc) is 2.43. The number of rotatable bonds is 5. The van der Waals surface area contributed by atoms with Crippen molar-refractivity contribution >= 4 is 11.8 Å². The Morgan fingerprint density at radius 1 is 1.24 bits per heavy atom. The number of carbonyl (C=O) groups excluding carboxylic acids is 2. The van der Waals surface area contributed by atoms with E-state index in [1.54, 1.807) is 4.90 Å². The summed E-state index contributed by atoms with van der Waals surface area (Å²) in [5.41, 5.74) is 0.782. The van der Waals surface area contributed by atoms with Gasteiger partial charge < -0.3 is 10.2 Å². The molecule has 0 radical (unpaired) electrons. The molecule has 114 valence electrons. The van der Waals surface area contributed by atoms with E-state index in [-0.39, 0.29) is 23.9 Å². The fourth-order valence-corrected chi connectivity index (χ4v) is 2.96. The first-order valence-corrected chi connectivity index (χ1v) is 7.59. The second kappa shape index (κ2) is 6.29. The molecule has 2 amide bonds. The molecule has 1 saturated heterocycles. The smallest absolute Gasteiger partial charge is 0.246 e. The Bertz CT molecular complexity index is 511. The number of hydrogen-bond acceptors (Lipinski definition) is 2. The fraction of sp³-hybridized carbons (Fsp3) is 0.529. The number of carbonyl (C=O) groups is 2. The van der Waals surface area contributed by atoms with E-state index >= 15 is 0 Å². The average molecular weight is 288 g/mol. The molecule has 0 spiro atoms. The molecule has 1 aromatic rings. The van der Waals surface area contributed by atoms with Gasteiger partial charge in [0.05, 0.1) is 0 Å². The van der Waals surface area contributed by atoms with Crippen molar-refractivity contribution in [2.45, 2.75) is 51.6 Å². The van der Waals surface area contributed by atoms with Crippen LogP contribution in [-0.4, -0.2) is 34.8 Å². The molecule has 1 N–H and O–H groups in total. The Balaban J connectivity index is 2.16. The van der Waals surface area contributed by atoms with Crippen molar-refractivity contribution < 1.29 is 9.59 Å². The normalized spacial score (nSPS) is 19.6. The minimum Gasteiger partial charge on any atom is -0.342 e. The van der Waals surface area contributed by atoms with E-state index in [4.69, 9.17) is 0 Å². The van der Waals surface area contributed by atoms with Crippen LogP contribution < -0.4 is 5.32 Å². The first kappa shape index (κ1) is 15.5. The summed E-state index contributed by atoms with van der Waals surface area (Å²) >= 11 is 0. The summed E-state index contributed by atoms with van der Waals surface area (Å²) in [5.74, 6) is -0.0448. The molecule has 1 aliphatic rings. The van der Waals surface area contributed by atoms with Crippen LogP contribution in [0.1, 0.15) is 39.2 Å². The topological polar surface area (TPSA) is 49.4 Å². The lowest BCUT2D eigenvalue weighted by atomic mass is 9.93. The molecule has 2 rings (SSSR count). The lowest BCUT2D eigenvalue weighted by molar-refractivity contribution is -0.150. The zero-order chi connectivity index (χ0) is 15.5. The highest BCUT2D eigenvalue weighted by Crippen LogP contribution is 2.24. The summed E-state index contributed by atoms with van der Waals surface area (Å²) in [6.07, 6.45) is 2.43. The molecule has 4 nitrogen and oxygen atoms in total. The summed E-state index contributed by atoms with van der Waals surface area (Å²) in [6, 6.07) is 9.35. The van der Waals surface area contributed by atoms with Crippen LogP contribution in [0, 0.1) is 0 Å². The van der Waals surface area contributed by atoms with Crippen LogP contribution in [0.25, 0.3) is 0 Å². The molecule has 1 aliphatic heterocycles. The highest BCUT2D eigenvalue weighted by atomic mass is 16.2. The van der Waals surface area contributed by atoms with Crippen LogP contribution in [-0.2, 0) is 16.0 Å². The molecular formula is C17H24N2O2. The Morgan fingerprint density at radius 3 is 2.52 bits per heavy atom. The van der Waals surface area contributed by atoms with E-state index in [0.29, 0.717) is 6.42 Å². The first-order chi connectivity index (χ1) is 9.94. The maximum absolute atomic E-state index is 12.7. The molecular weight excluding hydrogens is 264 g/mol. The third-order valence-electron chi connectivity index (χ3n) is 4.08. The monoisotopic (exact) mass is 288 g/mol. The SMILES string of the molecule is CCCC(C)(C)N1CC(=O)NC(Cc2ccccc2)C1=O. The highest BCUT2D eigenvalue weighted by molar-refractivity contribution is 5.95. The zero-order valence-corrected chi connectivity index (χ0v) is 13.1. The van der Waals surface area contributed by atoms with Crippen molar-refractivity contribution in [3.8, 4) is 0 Å². The second-order valence-corrected chi connectivity index (χ2v) is 6.30. The lowest BCUT2D eigenvalue weighted by Gasteiger charge is -2.43. The van der Waals surface area contributed by atoms with E-state index < -0.39 is 6.04 Å². The quantitative estimate of drug-likeness (QED) is 0.902. The third kappa shape index (κ3) is 3.63. The number of benzene rings is 1. The minimum atomic E-state index is -0.454. The van der Waals surface area contributed by atoms with Gasteiger partial charge in [-0.05, 0) is 25.8 Å². The van der Waals surface area contributed by atoms with E-state index in [1.165, 1.54) is 0 Å². The number of nitrogens with one attached hydrogen (secondary N) is 1. The predicted octanol–water partition coefficient (Wildman–Crippen LogP) is 2.13. The number of amides is 2. The van der Waals surface area contributed by atoms with Crippen molar-refractivity contribution in [3.63, 3.8) is 0 Å². The van der Waals surface area contributed by atoms with Crippen LogP contribution in [0.5, 0.6) is 0 Å². The fourth-order valence-electron chi connectivity index (χ4n) is 2.96. The van der Waals surface area contributed by atoms with Crippen LogP contribution in [0.3, 0.4) is 0 Å². The van der Waals surface area contributed by atoms with E-state index in [1.807, 2.05) is 44.2 Å². The molecule has 1 aromatic carbocycles. The standard InChI is InChI=1S/C17H24N2O2/c1-4-10-17(2,3)19-12-15(20)18-14(16(19)21)11-13-8-6-5-7-9-13/h5-9,14H,4,10-12H2,1-3H3,(H,18,20). The Kier molecular flexibility index (Phi) is 4.66. The number of hydrogen-bond donors (Lipinski definition) is 1. The molecule has 0 bridgehead atoms. The van der Waals surface area contributed by atoms with Crippen molar-refractivity contribution in [1.29, 1.82) is 0 Å². The zero-order valence-electron chi connectivity index (χ0n) is 13.1. The predicted molar refractivity (Wildman–Crippen MR) is 82.8 cm³/mol. The van der Waals surface area contributed by atoms with Crippen molar-refractivity contribution in [3.05, 3.63) is 35.9 Å². The Morgan fingerprint density at radius 2 is 1.90 bits per heavy atom. The van der Waals surface area contributed by atoms with Gasteiger partial charge in [0.15, 0.2) is 0 Å². The summed E-state index contributed by atoms with van der Waals surface area (Å²) in [5, 5.41) is 2.83. The summed E-state index contributed by atoms with van der Waals surface area (Å²) < 4.78 is 0. The molecule has 21 heavy (non-hydrogen) atoms. The first-order valence-electron chi connectivity index (χ1n) is 7.59. The van der Waals surface area contributed by atoms with Gasteiger partial charge in [-0.1, -0.05) is 43.7 Å². The highest BCUT2D eigenvalue weighted by Gasteiger charge is 2.39. The number of piperazine rings is 1. The lowest BCUT2D eigenvalue weighted by Crippen LogP contribution is -2.64. The molecule has 0 saturated carbocycles. The largest absolute Gasteiger partial charge is 0.342 e. The van der Waals surface area contributed by atoms with Gasteiger partial charge in [-0.3, -0.25) is 9.59 Å². The van der Waals surface area contributed by atoms with E-state index in [9.17, 15) is 9.59 Å². The van der Waals surface area contributed by atoms with Gasteiger partial charge in [-0.2, -0.15) is 0 Å². The van der Waals surface area contributed by atoms with Crippen LogP contribution in [0.15, 0.2) is 30.3 Å². The van der Waals surface area contributed by atoms with Gasteiger partial charge in [-0.15, -0.1) is 0 Å². The van der Waals surface area contributed by atoms with E-state index in [2.05, 4.69) is 12.2 Å². The van der Waals surface area contributed by atoms with Gasteiger partial charge >= 0.3 is 0 Å². The Hall–Kier alpha value is -1.84. The van der Waals surface area contributed by atoms with Gasteiger partial charge in [0.25, 0.3) is 0 Å². The van der Waals surface area contributed by atoms with Gasteiger partial charge in [0.2, 0.25) is 11.8 Å². The van der Waals surface area contributed by atoms with Crippen LogP contribution in [0.4, 0.5) is 0 Å². The van der Waals surface area contributed by atoms with Gasteiger partial charge in [0, 0.05) is 12.0 Å². The van der Waals surface area contributed by atoms with E-state index in [0.717, 1.165) is 18.4 Å². The van der Waals surface area contributed by atoms with Crippen LogP contribution >= 0.6 is 0 Å². The molecule has 0 aliphatic carbocycles. The third-order valence-corrected chi connectivity index (χ3v) is 4.08. The maximum atomic E-state index is 12.7. The van der Waals surface area contributed by atoms with Crippen molar-refractivity contribution in [2.24, 2.45) is 0 Å². The van der Waals surface area contributed by atoms with Gasteiger partial charge in [0.1, 0.15) is 12.6 Å². The minimum absolute atomic E-state index is 0.0249. The summed E-state index contributed by atoms with van der Waals surface area (Å²) in [7, 11) is 0. The number of nitrogens with zero attached hydrogens (tertiary/aromatic N) is 1. The van der Waals surface area contributed by atoms with Crippen LogP contribution in [0.2, 0.25) is 0 Å². The molecule has 1 atom stereocenters.